The second-order valence-electron chi connectivity index (χ2n) is 3.31. The van der Waals surface area contributed by atoms with E-state index in [4.69, 9.17) is 0 Å². The van der Waals surface area contributed by atoms with Crippen molar-refractivity contribution >= 4 is 10.1 Å². The third-order valence-electron chi connectivity index (χ3n) is 2.24. The molecular formula is C9H20O3S. The van der Waals surface area contributed by atoms with Crippen LogP contribution in [0.3, 0.4) is 0 Å². The first-order chi connectivity index (χ1) is 6.05. The standard InChI is InChI=1S/C9H20O3S/c1-4-6-7-9(5-2)8-13(10,11)12-3/h9H,4-8H2,1-3H3. The normalized spacial score (nSPS) is 14.4. The molecule has 0 aliphatic heterocycles. The van der Waals surface area contributed by atoms with E-state index < -0.39 is 10.1 Å². The van der Waals surface area contributed by atoms with Gasteiger partial charge in [-0.1, -0.05) is 33.1 Å². The van der Waals surface area contributed by atoms with Gasteiger partial charge in [0.15, 0.2) is 0 Å². The zero-order valence-electron chi connectivity index (χ0n) is 8.75. The van der Waals surface area contributed by atoms with Gasteiger partial charge < -0.3 is 0 Å². The fraction of sp³-hybridized carbons (Fsp3) is 1.00. The molecule has 3 nitrogen and oxygen atoms in total. The van der Waals surface area contributed by atoms with Gasteiger partial charge in [-0.2, -0.15) is 8.42 Å². The molecule has 0 spiro atoms. The van der Waals surface area contributed by atoms with Gasteiger partial charge in [-0.3, -0.25) is 4.18 Å². The van der Waals surface area contributed by atoms with E-state index in [0.29, 0.717) is 0 Å². The van der Waals surface area contributed by atoms with Gasteiger partial charge in [0.2, 0.25) is 0 Å². The number of hydrogen-bond donors (Lipinski definition) is 0. The maximum absolute atomic E-state index is 11.1. The molecule has 0 aromatic carbocycles. The molecule has 0 aliphatic carbocycles. The van der Waals surface area contributed by atoms with Crippen molar-refractivity contribution in [2.45, 2.75) is 39.5 Å². The van der Waals surface area contributed by atoms with Crippen LogP contribution < -0.4 is 0 Å². The first kappa shape index (κ1) is 12.9. The van der Waals surface area contributed by atoms with Crippen molar-refractivity contribution in [1.82, 2.24) is 0 Å². The van der Waals surface area contributed by atoms with E-state index in [1.165, 1.54) is 7.11 Å². The first-order valence-electron chi connectivity index (χ1n) is 4.84. The van der Waals surface area contributed by atoms with Crippen LogP contribution in [0.15, 0.2) is 0 Å². The molecule has 0 aliphatic rings. The van der Waals surface area contributed by atoms with E-state index in [1.807, 2.05) is 6.92 Å². The highest BCUT2D eigenvalue weighted by Crippen LogP contribution is 2.15. The van der Waals surface area contributed by atoms with Crippen LogP contribution in [0.25, 0.3) is 0 Å². The molecule has 0 saturated carbocycles. The summed E-state index contributed by atoms with van der Waals surface area (Å²) in [6.07, 6.45) is 4.10. The van der Waals surface area contributed by atoms with E-state index >= 15 is 0 Å². The minimum absolute atomic E-state index is 0.167. The lowest BCUT2D eigenvalue weighted by atomic mass is 10.0. The summed E-state index contributed by atoms with van der Waals surface area (Å²) in [6, 6.07) is 0. The molecule has 0 fully saturated rings. The summed E-state index contributed by atoms with van der Waals surface area (Å²) in [6.45, 7) is 4.13. The van der Waals surface area contributed by atoms with Crippen LogP contribution in [0, 0.1) is 5.92 Å². The minimum Gasteiger partial charge on any atom is -0.273 e. The number of hydrogen-bond acceptors (Lipinski definition) is 3. The van der Waals surface area contributed by atoms with Gasteiger partial charge in [0, 0.05) is 0 Å². The molecule has 4 heteroatoms. The largest absolute Gasteiger partial charge is 0.273 e. The molecule has 0 bridgehead atoms. The average Bonchev–Trinajstić information content (AvgIpc) is 2.12. The van der Waals surface area contributed by atoms with Crippen LogP contribution in [-0.2, 0) is 14.3 Å². The molecular weight excluding hydrogens is 188 g/mol. The van der Waals surface area contributed by atoms with Crippen LogP contribution in [0.2, 0.25) is 0 Å². The Kier molecular flexibility index (Phi) is 6.33. The monoisotopic (exact) mass is 208 g/mol. The van der Waals surface area contributed by atoms with E-state index in [1.54, 1.807) is 0 Å². The maximum Gasteiger partial charge on any atom is 0.267 e. The second kappa shape index (κ2) is 6.38. The fourth-order valence-electron chi connectivity index (χ4n) is 1.25. The average molecular weight is 208 g/mol. The van der Waals surface area contributed by atoms with E-state index in [-0.39, 0.29) is 11.7 Å². The topological polar surface area (TPSA) is 43.4 Å². The van der Waals surface area contributed by atoms with Gasteiger partial charge in [0.05, 0.1) is 12.9 Å². The van der Waals surface area contributed by atoms with Crippen molar-refractivity contribution in [3.05, 3.63) is 0 Å². The van der Waals surface area contributed by atoms with Crippen molar-refractivity contribution in [3.63, 3.8) is 0 Å². The Labute approximate surface area is 81.6 Å². The predicted octanol–water partition coefficient (Wildman–Crippen LogP) is 2.18. The molecule has 0 saturated heterocycles. The predicted molar refractivity (Wildman–Crippen MR) is 54.1 cm³/mol. The summed E-state index contributed by atoms with van der Waals surface area (Å²) < 4.78 is 26.6. The molecule has 80 valence electrons. The van der Waals surface area contributed by atoms with Crippen molar-refractivity contribution < 1.29 is 12.6 Å². The van der Waals surface area contributed by atoms with Crippen molar-refractivity contribution in [1.29, 1.82) is 0 Å². The van der Waals surface area contributed by atoms with Crippen LogP contribution in [0.5, 0.6) is 0 Å². The lowest BCUT2D eigenvalue weighted by molar-refractivity contribution is 0.381. The Morgan fingerprint density at radius 3 is 2.31 bits per heavy atom. The molecule has 1 unspecified atom stereocenters. The van der Waals surface area contributed by atoms with E-state index in [2.05, 4.69) is 11.1 Å². The molecule has 0 amide bonds. The van der Waals surface area contributed by atoms with Crippen molar-refractivity contribution in [3.8, 4) is 0 Å². The molecule has 0 aromatic heterocycles. The van der Waals surface area contributed by atoms with Gasteiger partial charge >= 0.3 is 0 Å². The van der Waals surface area contributed by atoms with Gasteiger partial charge in [0.1, 0.15) is 0 Å². The summed E-state index contributed by atoms with van der Waals surface area (Å²) in [5.74, 6) is 0.421. The van der Waals surface area contributed by atoms with Crippen LogP contribution in [-0.4, -0.2) is 21.3 Å². The third-order valence-corrected chi connectivity index (χ3v) is 3.62. The molecule has 0 N–H and O–H groups in total. The van der Waals surface area contributed by atoms with Gasteiger partial charge in [-0.05, 0) is 12.3 Å². The molecule has 0 rings (SSSR count). The highest BCUT2D eigenvalue weighted by Gasteiger charge is 2.16. The highest BCUT2D eigenvalue weighted by atomic mass is 32.2. The first-order valence-corrected chi connectivity index (χ1v) is 6.41. The van der Waals surface area contributed by atoms with Gasteiger partial charge in [-0.25, -0.2) is 0 Å². The SMILES string of the molecule is CCCCC(CC)CS(=O)(=O)OC. The third kappa shape index (κ3) is 6.05. The van der Waals surface area contributed by atoms with E-state index in [0.717, 1.165) is 25.7 Å². The summed E-state index contributed by atoms with van der Waals surface area (Å²) >= 11 is 0. The van der Waals surface area contributed by atoms with Gasteiger partial charge in [0.25, 0.3) is 10.1 Å². The Morgan fingerprint density at radius 1 is 1.31 bits per heavy atom. The minimum atomic E-state index is -3.26. The quantitative estimate of drug-likeness (QED) is 0.602. The van der Waals surface area contributed by atoms with Crippen molar-refractivity contribution in [2.75, 3.05) is 12.9 Å². The lowest BCUT2D eigenvalue weighted by Crippen LogP contribution is -2.16. The summed E-state index contributed by atoms with van der Waals surface area (Å²) in [5, 5.41) is 0. The summed E-state index contributed by atoms with van der Waals surface area (Å²) in [4.78, 5) is 0. The zero-order chi connectivity index (χ0) is 10.3. The molecule has 0 heterocycles. The Bertz CT molecular complexity index is 209. The van der Waals surface area contributed by atoms with Crippen molar-refractivity contribution in [2.24, 2.45) is 5.92 Å². The van der Waals surface area contributed by atoms with E-state index in [9.17, 15) is 8.42 Å². The fourth-order valence-corrected chi connectivity index (χ4v) is 2.37. The molecule has 0 radical (unpaired) electrons. The Hall–Kier alpha value is -0.0900. The lowest BCUT2D eigenvalue weighted by Gasteiger charge is -2.12. The molecule has 13 heavy (non-hydrogen) atoms. The van der Waals surface area contributed by atoms with Crippen LogP contribution >= 0.6 is 0 Å². The number of rotatable bonds is 7. The zero-order valence-corrected chi connectivity index (χ0v) is 9.56. The second-order valence-corrected chi connectivity index (χ2v) is 5.09. The smallest absolute Gasteiger partial charge is 0.267 e. The molecule has 0 aromatic rings. The highest BCUT2D eigenvalue weighted by molar-refractivity contribution is 7.86. The molecule has 1 atom stereocenters. The number of unbranched alkanes of at least 4 members (excludes halogenated alkanes) is 1. The maximum atomic E-state index is 11.1. The van der Waals surface area contributed by atoms with Gasteiger partial charge in [-0.15, -0.1) is 0 Å². The summed E-state index contributed by atoms with van der Waals surface area (Å²) in [7, 11) is -2.04. The Morgan fingerprint density at radius 2 is 1.92 bits per heavy atom. The summed E-state index contributed by atoms with van der Waals surface area (Å²) in [5.41, 5.74) is 0. The van der Waals surface area contributed by atoms with Crippen LogP contribution in [0.4, 0.5) is 0 Å². The van der Waals surface area contributed by atoms with Crippen LogP contribution in [0.1, 0.15) is 39.5 Å². The Balaban J connectivity index is 3.97.